The summed E-state index contributed by atoms with van der Waals surface area (Å²) in [5.74, 6) is 0. The van der Waals surface area contributed by atoms with Gasteiger partial charge in [-0.3, -0.25) is 0 Å². The number of hydrogen-bond donors (Lipinski definition) is 0. The molecule has 5 rings (SSSR count). The summed E-state index contributed by atoms with van der Waals surface area (Å²) in [5, 5.41) is 2.67. The third-order valence-electron chi connectivity index (χ3n) is 7.54. The zero-order chi connectivity index (χ0) is 26.3. The minimum Gasteiger partial charge on any atom is -0.335 e. The molecule has 0 spiro atoms. The van der Waals surface area contributed by atoms with Crippen LogP contribution in [0.15, 0.2) is 81.3 Å². The molecule has 2 nitrogen and oxygen atoms in total. The second kappa shape index (κ2) is 10.3. The zero-order valence-electron chi connectivity index (χ0n) is 23.3. The fourth-order valence-electron chi connectivity index (χ4n) is 5.61. The Morgan fingerprint density at radius 1 is 1.00 bits per heavy atom. The third kappa shape index (κ3) is 5.24. The first-order valence-electron chi connectivity index (χ1n) is 13.5. The lowest BCUT2D eigenvalue weighted by molar-refractivity contribution is -0.665. The number of hydrogen-bond acceptors (Lipinski definition) is 3. The Labute approximate surface area is 231 Å². The highest BCUT2D eigenvalue weighted by atomic mass is 32.2. The van der Waals surface area contributed by atoms with E-state index in [1.165, 1.54) is 58.7 Å². The van der Waals surface area contributed by atoms with E-state index in [0.717, 1.165) is 25.9 Å². The Hall–Kier alpha value is -2.56. The molecular weight excluding hydrogens is 489 g/mol. The van der Waals surface area contributed by atoms with Crippen LogP contribution >= 0.6 is 23.1 Å². The van der Waals surface area contributed by atoms with Crippen LogP contribution in [0.25, 0.3) is 16.3 Å². The van der Waals surface area contributed by atoms with Crippen molar-refractivity contribution in [3.63, 3.8) is 0 Å². The molecule has 0 N–H and O–H groups in total. The van der Waals surface area contributed by atoms with Crippen LogP contribution in [-0.2, 0) is 6.54 Å². The average Bonchev–Trinajstić information content (AvgIpc) is 3.37. The molecule has 2 heterocycles. The number of rotatable bonds is 5. The van der Waals surface area contributed by atoms with Crippen LogP contribution in [0.4, 0.5) is 5.69 Å². The molecule has 1 aromatic heterocycles. The summed E-state index contributed by atoms with van der Waals surface area (Å²) in [7, 11) is 0. The molecule has 0 fully saturated rings. The fourth-order valence-corrected chi connectivity index (χ4v) is 8.14. The van der Waals surface area contributed by atoms with E-state index in [9.17, 15) is 0 Å². The van der Waals surface area contributed by atoms with Crippen molar-refractivity contribution < 1.29 is 4.57 Å². The number of thioether (sulfide) groups is 1. The summed E-state index contributed by atoms with van der Waals surface area (Å²) < 4.78 is 3.79. The molecule has 192 valence electrons. The predicted molar refractivity (Wildman–Crippen MR) is 163 cm³/mol. The molecule has 4 heteroatoms. The van der Waals surface area contributed by atoms with E-state index in [0.29, 0.717) is 0 Å². The van der Waals surface area contributed by atoms with Crippen LogP contribution < -0.4 is 9.47 Å². The number of anilines is 1. The van der Waals surface area contributed by atoms with E-state index in [1.807, 2.05) is 23.1 Å². The van der Waals surface area contributed by atoms with Crippen molar-refractivity contribution in [1.82, 2.24) is 0 Å². The monoisotopic (exact) mass is 527 g/mol. The van der Waals surface area contributed by atoms with Gasteiger partial charge in [0.25, 0.3) is 5.01 Å². The number of fused-ring (bicyclic) bond motifs is 2. The molecule has 1 aliphatic carbocycles. The lowest BCUT2D eigenvalue weighted by Gasteiger charge is -2.34. The van der Waals surface area contributed by atoms with Crippen molar-refractivity contribution >= 4 is 45.1 Å². The molecule has 0 saturated carbocycles. The van der Waals surface area contributed by atoms with Crippen LogP contribution in [0.2, 0.25) is 0 Å². The van der Waals surface area contributed by atoms with Gasteiger partial charge in [0, 0.05) is 23.6 Å². The largest absolute Gasteiger partial charge is 0.335 e. The number of aryl methyl sites for hydroxylation is 3. The van der Waals surface area contributed by atoms with Gasteiger partial charge in [0.05, 0.1) is 10.7 Å². The maximum atomic E-state index is 2.47. The van der Waals surface area contributed by atoms with Crippen LogP contribution in [0.5, 0.6) is 0 Å². The molecule has 0 saturated heterocycles. The normalized spacial score (nSPS) is 19.7. The van der Waals surface area contributed by atoms with Gasteiger partial charge >= 0.3 is 0 Å². The van der Waals surface area contributed by atoms with Crippen molar-refractivity contribution in [2.75, 3.05) is 11.4 Å². The Balaban J connectivity index is 1.48. The first-order chi connectivity index (χ1) is 17.7. The fraction of sp³-hybridized carbons (Fsp3) is 0.364. The predicted octanol–water partition coefficient (Wildman–Crippen LogP) is 9.38. The van der Waals surface area contributed by atoms with Crippen LogP contribution in [0.3, 0.4) is 0 Å². The molecule has 0 bridgehead atoms. The van der Waals surface area contributed by atoms with E-state index >= 15 is 0 Å². The summed E-state index contributed by atoms with van der Waals surface area (Å²) in [6.45, 7) is 18.0. The smallest absolute Gasteiger partial charge is 0.262 e. The number of allylic oxidation sites excluding steroid dienone is 6. The third-order valence-corrected chi connectivity index (χ3v) is 9.75. The maximum absolute atomic E-state index is 2.47. The van der Waals surface area contributed by atoms with E-state index in [4.69, 9.17) is 0 Å². The topological polar surface area (TPSA) is 7.12 Å². The van der Waals surface area contributed by atoms with Gasteiger partial charge in [-0.1, -0.05) is 61.2 Å². The lowest BCUT2D eigenvalue weighted by atomic mass is 9.72. The Morgan fingerprint density at radius 3 is 2.51 bits per heavy atom. The standard InChI is InChI=1S/C33H39N2S2/c1-8-34-27-15-13-22(3)17-29(27)36-31(34)12-10-11-25-20-33(6,7)21-26(24(25)5)19-32-35(9-2)28-16-14-23(4)18-30(28)37-32/h10-19H,8-9,20-21H2,1-7H3/q+1. The molecule has 0 amide bonds. The summed E-state index contributed by atoms with van der Waals surface area (Å²) in [4.78, 5) is 3.85. The maximum Gasteiger partial charge on any atom is 0.262 e. The van der Waals surface area contributed by atoms with Crippen LogP contribution in [0.1, 0.15) is 63.6 Å². The van der Waals surface area contributed by atoms with E-state index < -0.39 is 0 Å². The summed E-state index contributed by atoms with van der Waals surface area (Å²) in [6.07, 6.45) is 11.6. The van der Waals surface area contributed by atoms with E-state index in [1.54, 1.807) is 0 Å². The number of aromatic nitrogens is 1. The lowest BCUT2D eigenvalue weighted by Crippen LogP contribution is -2.33. The van der Waals surface area contributed by atoms with Gasteiger partial charge < -0.3 is 4.90 Å². The zero-order valence-corrected chi connectivity index (χ0v) is 24.9. The SMILES string of the molecule is CCN1C(=CC2=C(C)C(=CC=Cc3sc4cc(C)ccc4[n+]3CC)CC(C)(C)C2)Sc2cc(C)ccc21. The van der Waals surface area contributed by atoms with Gasteiger partial charge in [0.15, 0.2) is 0 Å². The molecule has 1 aliphatic heterocycles. The Bertz CT molecular complexity index is 1480. The highest BCUT2D eigenvalue weighted by Crippen LogP contribution is 2.49. The second-order valence-corrected chi connectivity index (χ2v) is 13.3. The number of thiazole rings is 1. The molecule has 0 atom stereocenters. The summed E-state index contributed by atoms with van der Waals surface area (Å²) in [6, 6.07) is 13.6. The van der Waals surface area contributed by atoms with E-state index in [2.05, 4.69) is 119 Å². The second-order valence-electron chi connectivity index (χ2n) is 11.2. The van der Waals surface area contributed by atoms with Gasteiger partial charge in [-0.15, -0.1) is 0 Å². The number of nitrogens with zero attached hydrogens (tertiary/aromatic N) is 2. The molecule has 0 radical (unpaired) electrons. The van der Waals surface area contributed by atoms with Crippen molar-refractivity contribution in [1.29, 1.82) is 0 Å². The van der Waals surface area contributed by atoms with Gasteiger partial charge in [-0.2, -0.15) is 4.57 Å². The van der Waals surface area contributed by atoms with Gasteiger partial charge in [-0.05, 0) is 105 Å². The van der Waals surface area contributed by atoms with Crippen molar-refractivity contribution in [2.24, 2.45) is 5.41 Å². The quantitative estimate of drug-likeness (QED) is 0.305. The van der Waals surface area contributed by atoms with Crippen molar-refractivity contribution in [3.05, 3.63) is 92.5 Å². The molecular formula is C33H39N2S2+. The Kier molecular flexibility index (Phi) is 7.26. The number of benzene rings is 2. The molecule has 3 aromatic rings. The van der Waals surface area contributed by atoms with E-state index in [-0.39, 0.29) is 5.41 Å². The molecule has 2 aromatic carbocycles. The highest BCUT2D eigenvalue weighted by Gasteiger charge is 2.30. The van der Waals surface area contributed by atoms with Crippen LogP contribution in [0, 0.1) is 19.3 Å². The van der Waals surface area contributed by atoms with Crippen LogP contribution in [-0.4, -0.2) is 6.54 Å². The van der Waals surface area contributed by atoms with Crippen molar-refractivity contribution in [2.45, 2.75) is 72.7 Å². The first kappa shape index (κ1) is 26.1. The first-order valence-corrected chi connectivity index (χ1v) is 15.1. The average molecular weight is 528 g/mol. The van der Waals surface area contributed by atoms with Gasteiger partial charge in [-0.25, -0.2) is 0 Å². The summed E-state index contributed by atoms with van der Waals surface area (Å²) >= 11 is 3.81. The summed E-state index contributed by atoms with van der Waals surface area (Å²) in [5.41, 5.74) is 9.94. The molecule has 0 unspecified atom stereocenters. The molecule has 2 aliphatic rings. The molecule has 37 heavy (non-hydrogen) atoms. The highest BCUT2D eigenvalue weighted by molar-refractivity contribution is 8.03. The minimum absolute atomic E-state index is 0.244. The van der Waals surface area contributed by atoms with Gasteiger partial charge in [0.2, 0.25) is 5.52 Å². The van der Waals surface area contributed by atoms with Crippen molar-refractivity contribution in [3.8, 4) is 0 Å². The minimum atomic E-state index is 0.244. The van der Waals surface area contributed by atoms with Gasteiger partial charge in [0.1, 0.15) is 11.2 Å². The Morgan fingerprint density at radius 2 is 1.76 bits per heavy atom.